The van der Waals surface area contributed by atoms with E-state index in [0.717, 1.165) is 36.8 Å². The van der Waals surface area contributed by atoms with Crippen molar-refractivity contribution >= 4 is 43.8 Å². The topological polar surface area (TPSA) is 139 Å². The number of aryl methyl sites for hydroxylation is 1. The number of anilines is 1. The number of oxazole rings is 2. The van der Waals surface area contributed by atoms with Gasteiger partial charge in [0.1, 0.15) is 11.3 Å². The van der Waals surface area contributed by atoms with E-state index in [1.165, 1.54) is 210 Å². The number of rotatable bonds is 38. The minimum absolute atomic E-state index is 0.00791. The van der Waals surface area contributed by atoms with Crippen molar-refractivity contribution in [2.75, 3.05) is 17.8 Å². The van der Waals surface area contributed by atoms with Crippen LogP contribution in [0.4, 0.5) is 5.69 Å². The summed E-state index contributed by atoms with van der Waals surface area (Å²) in [5.74, 6) is 0.0743. The molecular weight excluding hydrogens is 881 g/mol. The lowest BCUT2D eigenvalue weighted by atomic mass is 10.0. The number of fused-ring (bicyclic) bond motifs is 2. The van der Waals surface area contributed by atoms with Gasteiger partial charge in [-0.15, -0.1) is 0 Å². The molecule has 0 saturated heterocycles. The molecule has 0 radical (unpaired) electrons. The summed E-state index contributed by atoms with van der Waals surface area (Å²) in [5, 5.41) is 10.4. The van der Waals surface area contributed by atoms with Crippen LogP contribution in [0.25, 0.3) is 22.2 Å². The Kier molecular flexibility index (Phi) is 28.9. The van der Waals surface area contributed by atoms with Gasteiger partial charge in [-0.1, -0.05) is 225 Å². The van der Waals surface area contributed by atoms with Gasteiger partial charge in [-0.25, -0.2) is 18.4 Å². The van der Waals surface area contributed by atoms with Gasteiger partial charge in [-0.3, -0.25) is 9.52 Å². The lowest BCUT2D eigenvalue weighted by molar-refractivity contribution is 0.0749. The van der Waals surface area contributed by atoms with Gasteiger partial charge in [-0.05, 0) is 43.2 Å². The standard InChI is InChI=1S/C51H85N3O5S.C7H5NO/c1-4-6-8-10-12-14-16-18-20-22-24-26-28-30-32-34-39-54(40-35-33-31-29-27-25-23-21-19-17-15-13-11-9-7-5-2)51(56)45-37-36-38-47(41-45)60(57,58)53-46-42-48(55)50-49(43-46)59-44(3)52-50;1-2-4-7-6(3-1)8-5-9-7/h36-38,41-43,53,55H,4-35,39-40H2,1-3H3;1-5H. The third-order valence-electron chi connectivity index (χ3n) is 13.3. The van der Waals surface area contributed by atoms with Gasteiger partial charge in [0.2, 0.25) is 0 Å². The van der Waals surface area contributed by atoms with E-state index in [1.54, 1.807) is 19.1 Å². The minimum atomic E-state index is -4.06. The van der Waals surface area contributed by atoms with Crippen molar-refractivity contribution in [1.29, 1.82) is 0 Å². The smallest absolute Gasteiger partial charge is 0.261 e. The van der Waals surface area contributed by atoms with Crippen molar-refractivity contribution in [3.05, 3.63) is 78.5 Å². The third-order valence-corrected chi connectivity index (χ3v) is 14.7. The average Bonchev–Trinajstić information content (AvgIpc) is 3.99. The van der Waals surface area contributed by atoms with E-state index >= 15 is 0 Å². The van der Waals surface area contributed by atoms with Crippen LogP contribution < -0.4 is 4.72 Å². The lowest BCUT2D eigenvalue weighted by Crippen LogP contribution is -2.33. The highest BCUT2D eigenvalue weighted by Crippen LogP contribution is 2.31. The Morgan fingerprint density at radius 2 is 1.04 bits per heavy atom. The largest absolute Gasteiger partial charge is 0.505 e. The normalized spacial score (nSPS) is 11.6. The molecule has 0 bridgehead atoms. The number of aromatic hydroxyl groups is 1. The number of sulfonamides is 1. The van der Waals surface area contributed by atoms with Crippen LogP contribution in [0.3, 0.4) is 0 Å². The highest BCUT2D eigenvalue weighted by Gasteiger charge is 2.21. The fourth-order valence-electron chi connectivity index (χ4n) is 9.19. The van der Waals surface area contributed by atoms with Gasteiger partial charge in [-0.2, -0.15) is 0 Å². The Bertz CT molecular complexity index is 2150. The number of hydrogen-bond donors (Lipinski definition) is 2. The summed E-state index contributed by atoms with van der Waals surface area (Å²) in [5.41, 5.74) is 2.84. The quantitative estimate of drug-likeness (QED) is 0.0373. The molecule has 0 aliphatic rings. The zero-order valence-electron chi connectivity index (χ0n) is 43.1. The van der Waals surface area contributed by atoms with E-state index in [4.69, 9.17) is 8.83 Å². The molecule has 384 valence electrons. The van der Waals surface area contributed by atoms with E-state index < -0.39 is 10.0 Å². The molecule has 5 aromatic rings. The van der Waals surface area contributed by atoms with Crippen LogP contribution in [-0.2, 0) is 10.0 Å². The molecule has 0 aliphatic carbocycles. The lowest BCUT2D eigenvalue weighted by Gasteiger charge is -2.23. The molecule has 11 heteroatoms. The van der Waals surface area contributed by atoms with Gasteiger partial charge in [0.05, 0.1) is 10.6 Å². The Hall–Kier alpha value is -4.38. The van der Waals surface area contributed by atoms with E-state index in [-0.39, 0.29) is 33.3 Å². The molecule has 0 aliphatic heterocycles. The maximum Gasteiger partial charge on any atom is 0.261 e. The highest BCUT2D eigenvalue weighted by molar-refractivity contribution is 7.92. The summed E-state index contributed by atoms with van der Waals surface area (Å²) in [6.07, 6.45) is 43.3. The van der Waals surface area contributed by atoms with E-state index in [1.807, 2.05) is 29.2 Å². The highest BCUT2D eigenvalue weighted by atomic mass is 32.2. The van der Waals surface area contributed by atoms with Crippen LogP contribution in [-0.4, -0.2) is 47.4 Å². The van der Waals surface area contributed by atoms with Crippen molar-refractivity contribution in [3.8, 4) is 5.75 Å². The molecule has 2 N–H and O–H groups in total. The molecule has 0 saturated carbocycles. The van der Waals surface area contributed by atoms with Gasteiger partial charge >= 0.3 is 0 Å². The van der Waals surface area contributed by atoms with Crippen molar-refractivity contribution in [2.24, 2.45) is 0 Å². The van der Waals surface area contributed by atoms with Gasteiger partial charge in [0.15, 0.2) is 29.0 Å². The predicted octanol–water partition coefficient (Wildman–Crippen LogP) is 17.4. The van der Waals surface area contributed by atoms with Crippen LogP contribution in [0.1, 0.15) is 236 Å². The summed E-state index contributed by atoms with van der Waals surface area (Å²) >= 11 is 0. The summed E-state index contributed by atoms with van der Waals surface area (Å²) in [6.45, 7) is 7.58. The molecule has 0 spiro atoms. The number of aromatic nitrogens is 2. The van der Waals surface area contributed by atoms with Crippen molar-refractivity contribution in [3.63, 3.8) is 0 Å². The monoisotopic (exact) mass is 971 g/mol. The van der Waals surface area contributed by atoms with Crippen LogP contribution in [0.15, 0.2) is 80.8 Å². The average molecular weight is 971 g/mol. The zero-order chi connectivity index (χ0) is 49.2. The summed E-state index contributed by atoms with van der Waals surface area (Å²) in [4.78, 5) is 24.1. The first-order valence-corrected chi connectivity index (χ1v) is 29.0. The second-order valence-corrected chi connectivity index (χ2v) is 21.1. The molecule has 0 fully saturated rings. The van der Waals surface area contributed by atoms with Crippen molar-refractivity contribution < 1.29 is 27.2 Å². The number of amides is 1. The number of phenols is 1. The van der Waals surface area contributed by atoms with E-state index in [0.29, 0.717) is 24.5 Å². The third kappa shape index (κ3) is 23.4. The van der Waals surface area contributed by atoms with Gasteiger partial charge in [0.25, 0.3) is 15.9 Å². The number of benzene rings is 3. The number of phenolic OH excluding ortho intramolecular Hbond substituents is 1. The molecule has 2 heterocycles. The molecule has 2 aromatic heterocycles. The molecule has 1 amide bonds. The Morgan fingerprint density at radius 3 is 1.52 bits per heavy atom. The zero-order valence-corrected chi connectivity index (χ0v) is 43.9. The second-order valence-electron chi connectivity index (χ2n) is 19.4. The first-order chi connectivity index (χ1) is 33.7. The number of nitrogens with zero attached hydrogens (tertiary/aromatic N) is 3. The van der Waals surface area contributed by atoms with Gasteiger partial charge in [0, 0.05) is 37.7 Å². The fraction of sp³-hybridized carbons (Fsp3) is 0.638. The number of carbonyl (C=O) groups is 1. The van der Waals surface area contributed by atoms with Crippen LogP contribution in [0.2, 0.25) is 0 Å². The van der Waals surface area contributed by atoms with Crippen LogP contribution in [0.5, 0.6) is 5.75 Å². The number of nitrogens with one attached hydrogen (secondary N) is 1. The Labute approximate surface area is 417 Å². The summed E-state index contributed by atoms with van der Waals surface area (Å²) in [6, 6.07) is 16.8. The predicted molar refractivity (Wildman–Crippen MR) is 287 cm³/mol. The number of para-hydroxylation sites is 2. The second kappa shape index (κ2) is 34.8. The van der Waals surface area contributed by atoms with E-state index in [9.17, 15) is 18.3 Å². The number of carbonyl (C=O) groups excluding carboxylic acids is 1. The first-order valence-electron chi connectivity index (χ1n) is 27.5. The maximum absolute atomic E-state index is 14.0. The minimum Gasteiger partial charge on any atom is -0.505 e. The molecule has 10 nitrogen and oxygen atoms in total. The summed E-state index contributed by atoms with van der Waals surface area (Å²) < 4.78 is 40.1. The summed E-state index contributed by atoms with van der Waals surface area (Å²) in [7, 11) is -4.06. The van der Waals surface area contributed by atoms with Crippen molar-refractivity contribution in [1.82, 2.24) is 14.9 Å². The number of hydrogen-bond acceptors (Lipinski definition) is 8. The van der Waals surface area contributed by atoms with Crippen molar-refractivity contribution in [2.45, 2.75) is 231 Å². The Morgan fingerprint density at radius 1 is 0.580 bits per heavy atom. The molecular formula is C58H90N4O6S. The SMILES string of the molecule is CCCCCCCCCCCCCCCCCCN(CCCCCCCCCCCCCCCCCC)C(=O)c1cccc(S(=O)(=O)Nc2cc(O)c3nc(C)oc3c2)c1.c1ccc2ocnc2c1. The first kappa shape index (κ1) is 57.2. The van der Waals surface area contributed by atoms with Crippen LogP contribution in [0, 0.1) is 6.92 Å². The molecule has 69 heavy (non-hydrogen) atoms. The molecule has 3 aromatic carbocycles. The maximum atomic E-state index is 14.0. The van der Waals surface area contributed by atoms with Gasteiger partial charge < -0.3 is 18.8 Å². The number of unbranched alkanes of at least 4 members (excludes halogenated alkanes) is 30. The molecule has 0 unspecified atom stereocenters. The van der Waals surface area contributed by atoms with E-state index in [2.05, 4.69) is 28.5 Å². The Balaban J connectivity index is 0.00000102. The van der Waals surface area contributed by atoms with Crippen LogP contribution >= 0.6 is 0 Å². The molecule has 5 rings (SSSR count). The fourth-order valence-corrected chi connectivity index (χ4v) is 10.3. The molecule has 0 atom stereocenters.